The van der Waals surface area contributed by atoms with Gasteiger partial charge < -0.3 is 29.7 Å². The van der Waals surface area contributed by atoms with Gasteiger partial charge in [0.15, 0.2) is 0 Å². The zero-order valence-corrected chi connectivity index (χ0v) is 17.9. The lowest BCUT2D eigenvalue weighted by Gasteiger charge is -2.22. The van der Waals surface area contributed by atoms with Crippen molar-refractivity contribution in [1.82, 2.24) is 9.55 Å². The Balaban J connectivity index is 2.56. The summed E-state index contributed by atoms with van der Waals surface area (Å²) in [6.45, 7) is 5.22. The van der Waals surface area contributed by atoms with E-state index in [0.717, 1.165) is 0 Å². The fourth-order valence-corrected chi connectivity index (χ4v) is 3.19. The lowest BCUT2D eigenvalue weighted by molar-refractivity contribution is -0.148. The highest BCUT2D eigenvalue weighted by Gasteiger charge is 2.23. The number of allylic oxidation sites excluding steroid dienone is 1. The van der Waals surface area contributed by atoms with Crippen molar-refractivity contribution >= 4 is 17.6 Å². The van der Waals surface area contributed by atoms with E-state index in [1.807, 2.05) is 25.5 Å². The third kappa shape index (κ3) is 5.89. The summed E-state index contributed by atoms with van der Waals surface area (Å²) in [6, 6.07) is 0. The minimum Gasteiger partial charge on any atom is -0.462 e. The quantitative estimate of drug-likeness (QED) is 0.347. The van der Waals surface area contributed by atoms with Crippen molar-refractivity contribution in [2.24, 2.45) is 13.0 Å². The summed E-state index contributed by atoms with van der Waals surface area (Å²) in [5.74, 6) is 0.0770. The molecule has 0 saturated carbocycles. The zero-order chi connectivity index (χ0) is 22.4. The molecule has 1 aliphatic heterocycles. The van der Waals surface area contributed by atoms with Gasteiger partial charge in [0, 0.05) is 13.0 Å². The number of aromatic nitrogens is 2. The normalized spacial score (nSPS) is 33.7. The molecule has 8 nitrogen and oxygen atoms in total. The summed E-state index contributed by atoms with van der Waals surface area (Å²) in [7, 11) is 1.82. The van der Waals surface area contributed by atoms with Crippen LogP contribution < -0.4 is 10.7 Å². The molecule has 166 valence electrons. The molecule has 1 aromatic heterocycles. The van der Waals surface area contributed by atoms with Gasteiger partial charge in [0.25, 0.3) is 0 Å². The second-order valence-corrected chi connectivity index (χ2v) is 7.67. The van der Waals surface area contributed by atoms with Crippen molar-refractivity contribution in [3.8, 4) is 0 Å². The number of nitrogens with zero attached hydrogens (tertiary/aromatic N) is 2. The molecule has 0 amide bonds. The Labute approximate surface area is 176 Å². The maximum absolute atomic E-state index is 12.6. The number of carbonyl (C=O) groups is 1. The number of carbonyl (C=O) groups excluding carboxylic acids is 1. The average molecular weight is 421 g/mol. The van der Waals surface area contributed by atoms with Gasteiger partial charge in [-0.2, -0.15) is 0 Å². The molecule has 0 saturated heterocycles. The Hall–Kier alpha value is -2.26. The molecule has 8 heteroatoms. The fourth-order valence-electron chi connectivity index (χ4n) is 3.19. The largest absolute Gasteiger partial charge is 0.462 e. The molecule has 2 heterocycles. The van der Waals surface area contributed by atoms with Crippen LogP contribution in [-0.4, -0.2) is 67.0 Å². The zero-order valence-electron chi connectivity index (χ0n) is 17.9. The topological polar surface area (TPSA) is 125 Å². The van der Waals surface area contributed by atoms with Gasteiger partial charge in [0.1, 0.15) is 24.1 Å². The number of rotatable bonds is 1. The van der Waals surface area contributed by atoms with E-state index in [0.29, 0.717) is 22.1 Å². The van der Waals surface area contributed by atoms with E-state index in [9.17, 15) is 25.2 Å². The molecule has 0 aliphatic carbocycles. The SMILES string of the molecule is Cc1nc(=C2\C=C\C[C@H](O)[C@H](O)[C@@H](O)/C=C\[C@@H](C)[C@H](C)OC(=O)C2)/c(=C\CO)n1C. The molecule has 1 aromatic rings. The van der Waals surface area contributed by atoms with Crippen LogP contribution in [0.2, 0.25) is 0 Å². The summed E-state index contributed by atoms with van der Waals surface area (Å²) >= 11 is 0. The maximum atomic E-state index is 12.6. The van der Waals surface area contributed by atoms with Gasteiger partial charge in [-0.3, -0.25) is 4.79 Å². The summed E-state index contributed by atoms with van der Waals surface area (Å²) in [4.78, 5) is 17.1. The molecule has 4 N–H and O–H groups in total. The number of esters is 1. The fraction of sp³-hybridized carbons (Fsp3) is 0.545. The molecular formula is C22H32N2O6. The van der Waals surface area contributed by atoms with Crippen LogP contribution >= 0.6 is 0 Å². The van der Waals surface area contributed by atoms with Gasteiger partial charge in [-0.05, 0) is 31.9 Å². The first kappa shape index (κ1) is 24.0. The predicted octanol–water partition coefficient (Wildman–Crippen LogP) is -0.791. The van der Waals surface area contributed by atoms with E-state index in [-0.39, 0.29) is 25.4 Å². The molecule has 30 heavy (non-hydrogen) atoms. The number of aliphatic hydroxyl groups excluding tert-OH is 4. The third-order valence-corrected chi connectivity index (χ3v) is 5.40. The van der Waals surface area contributed by atoms with Crippen LogP contribution in [-0.2, 0) is 16.6 Å². The van der Waals surface area contributed by atoms with E-state index < -0.39 is 30.4 Å². The molecule has 0 unspecified atom stereocenters. The highest BCUT2D eigenvalue weighted by atomic mass is 16.5. The Morgan fingerprint density at radius 1 is 1.27 bits per heavy atom. The van der Waals surface area contributed by atoms with E-state index in [1.165, 1.54) is 6.08 Å². The maximum Gasteiger partial charge on any atom is 0.310 e. The van der Waals surface area contributed by atoms with Gasteiger partial charge >= 0.3 is 5.97 Å². The van der Waals surface area contributed by atoms with Crippen molar-refractivity contribution in [3.05, 3.63) is 40.8 Å². The number of hydrogen-bond acceptors (Lipinski definition) is 7. The number of ether oxygens (including phenoxy) is 1. The van der Waals surface area contributed by atoms with Crippen molar-refractivity contribution in [2.45, 2.75) is 58.0 Å². The van der Waals surface area contributed by atoms with Gasteiger partial charge in [-0.25, -0.2) is 4.98 Å². The summed E-state index contributed by atoms with van der Waals surface area (Å²) in [5.41, 5.74) is 0.568. The van der Waals surface area contributed by atoms with Crippen molar-refractivity contribution in [1.29, 1.82) is 0 Å². The summed E-state index contributed by atoms with van der Waals surface area (Å²) in [6.07, 6.45) is 3.76. The first-order valence-electron chi connectivity index (χ1n) is 10.1. The molecular weight excluding hydrogens is 388 g/mol. The van der Waals surface area contributed by atoms with Gasteiger partial charge in [-0.1, -0.05) is 31.2 Å². The van der Waals surface area contributed by atoms with E-state index >= 15 is 0 Å². The van der Waals surface area contributed by atoms with Crippen LogP contribution in [0.3, 0.4) is 0 Å². The Morgan fingerprint density at radius 2 is 1.97 bits per heavy atom. The smallest absolute Gasteiger partial charge is 0.310 e. The van der Waals surface area contributed by atoms with Gasteiger partial charge in [0.2, 0.25) is 0 Å². The number of aliphatic hydroxyl groups is 4. The monoisotopic (exact) mass is 420 g/mol. The summed E-state index contributed by atoms with van der Waals surface area (Å²) < 4.78 is 7.36. The molecule has 0 radical (unpaired) electrons. The van der Waals surface area contributed by atoms with Crippen LogP contribution in [0, 0.1) is 12.8 Å². The molecule has 0 bridgehead atoms. The minimum atomic E-state index is -1.35. The molecule has 0 fully saturated rings. The van der Waals surface area contributed by atoms with Crippen LogP contribution in [0.5, 0.6) is 0 Å². The first-order valence-corrected chi connectivity index (χ1v) is 10.1. The average Bonchev–Trinajstić information content (AvgIpc) is 2.98. The minimum absolute atomic E-state index is 0.0404. The number of imidazole rings is 1. The Bertz CT molecular complexity index is 917. The van der Waals surface area contributed by atoms with E-state index in [1.54, 1.807) is 31.2 Å². The van der Waals surface area contributed by atoms with Crippen molar-refractivity contribution in [3.63, 3.8) is 0 Å². The summed E-state index contributed by atoms with van der Waals surface area (Å²) in [5, 5.41) is 41.1. The lowest BCUT2D eigenvalue weighted by atomic mass is 10.00. The van der Waals surface area contributed by atoms with Gasteiger partial charge in [-0.15, -0.1) is 0 Å². The second-order valence-electron chi connectivity index (χ2n) is 7.67. The highest BCUT2D eigenvalue weighted by molar-refractivity contribution is 5.82. The lowest BCUT2D eigenvalue weighted by Crippen LogP contribution is -2.36. The van der Waals surface area contributed by atoms with Crippen LogP contribution in [0.4, 0.5) is 0 Å². The van der Waals surface area contributed by atoms with E-state index in [4.69, 9.17) is 4.74 Å². The first-order chi connectivity index (χ1) is 14.1. The molecule has 0 spiro atoms. The van der Waals surface area contributed by atoms with Crippen LogP contribution in [0.15, 0.2) is 24.3 Å². The number of cyclic esters (lactones) is 1. The Kier molecular flexibility index (Phi) is 8.54. The number of aryl methyl sites for hydroxylation is 1. The van der Waals surface area contributed by atoms with Crippen molar-refractivity contribution < 1.29 is 30.0 Å². The van der Waals surface area contributed by atoms with Crippen molar-refractivity contribution in [2.75, 3.05) is 6.61 Å². The molecule has 0 aromatic carbocycles. The molecule has 5 atom stereocenters. The molecule has 2 rings (SSSR count). The van der Waals surface area contributed by atoms with Gasteiger partial charge in [0.05, 0.1) is 29.8 Å². The number of hydrogen-bond donors (Lipinski definition) is 4. The predicted molar refractivity (Wildman–Crippen MR) is 112 cm³/mol. The molecule has 1 aliphatic rings. The Morgan fingerprint density at radius 3 is 2.63 bits per heavy atom. The third-order valence-electron chi connectivity index (χ3n) is 5.40. The van der Waals surface area contributed by atoms with Crippen LogP contribution in [0.25, 0.3) is 11.6 Å². The second kappa shape index (κ2) is 10.7. The highest BCUT2D eigenvalue weighted by Crippen LogP contribution is 2.16. The van der Waals surface area contributed by atoms with E-state index in [2.05, 4.69) is 4.98 Å². The van der Waals surface area contributed by atoms with Crippen LogP contribution in [0.1, 0.15) is 32.5 Å². The standard InChI is InChI=1S/C22H32N2O6/c1-13-8-9-19(27)22(29)18(26)7-5-6-16(12-20(28)30-14(13)2)21-17(10-11-25)24(4)15(3)23-21/h5-6,8-10,13-14,18-19,22,25-27,29H,7,11-12H2,1-4H3/b6-5+,9-8-,17-10+,21-16+/t13-,14+,18+,19+,22+/m1/s1.